The van der Waals surface area contributed by atoms with Crippen LogP contribution in [0.25, 0.3) is 0 Å². The zero-order valence-corrected chi connectivity index (χ0v) is 16.9. The number of anilines is 1. The molecule has 0 saturated heterocycles. The second-order valence-electron chi connectivity index (χ2n) is 6.06. The van der Waals surface area contributed by atoms with Crippen molar-refractivity contribution in [2.75, 3.05) is 24.7 Å². The number of carbonyl (C=O) groups excluding carboxylic acids is 1. The number of ether oxygens (including phenoxy) is 1. The summed E-state index contributed by atoms with van der Waals surface area (Å²) in [6.07, 6.45) is 1.85. The number of hydrogen-bond donors (Lipinski definition) is 4. The number of amides is 1. The quantitative estimate of drug-likeness (QED) is 0.398. The van der Waals surface area contributed by atoms with Crippen LogP contribution in [0, 0.1) is 0 Å². The van der Waals surface area contributed by atoms with Gasteiger partial charge in [-0.1, -0.05) is 0 Å². The number of hydrogen-bond acceptors (Lipinski definition) is 9. The maximum atomic E-state index is 12.5. The normalized spacial score (nSPS) is 14.9. The van der Waals surface area contributed by atoms with Crippen LogP contribution in [0.4, 0.5) is 5.13 Å². The van der Waals surface area contributed by atoms with Crippen LogP contribution in [-0.4, -0.2) is 72.7 Å². The fourth-order valence-corrected chi connectivity index (χ4v) is 3.94. The molecule has 3 unspecified atom stereocenters. The van der Waals surface area contributed by atoms with E-state index in [0.717, 1.165) is 23.2 Å². The van der Waals surface area contributed by atoms with Crippen molar-refractivity contribution in [3.8, 4) is 0 Å². The Labute approximate surface area is 166 Å². The predicted molar refractivity (Wildman–Crippen MR) is 104 cm³/mol. The first-order valence-corrected chi connectivity index (χ1v) is 10.9. The third kappa shape index (κ3) is 6.80. The minimum absolute atomic E-state index is 0.00990. The van der Waals surface area contributed by atoms with Gasteiger partial charge < -0.3 is 20.3 Å². The Morgan fingerprint density at radius 1 is 1.32 bits per heavy atom. The number of aromatic nitrogens is 2. The molecule has 2 heterocycles. The highest BCUT2D eigenvalue weighted by molar-refractivity contribution is 7.92. The highest BCUT2D eigenvalue weighted by atomic mass is 32.2. The summed E-state index contributed by atoms with van der Waals surface area (Å²) in [5.74, 6) is -0.611. The van der Waals surface area contributed by atoms with Gasteiger partial charge in [-0.3, -0.25) is 14.5 Å². The summed E-state index contributed by atoms with van der Waals surface area (Å²) in [5.41, 5.74) is 0.783. The standard InChI is InChI=1S/C16H22N4O6S2/c1-26-8-13(21)14(22)11(7-10-3-5-17-6-4-10)18-15(23)12-9-27-16(19-12)20-28(2,24)25/h3-6,9,11,13-14,21-22H,7-8H2,1-2H3,(H,18,23)(H,19,20). The molecule has 0 aromatic carbocycles. The average Bonchev–Trinajstić information content (AvgIpc) is 3.08. The molecule has 154 valence electrons. The smallest absolute Gasteiger partial charge is 0.271 e. The van der Waals surface area contributed by atoms with Crippen LogP contribution in [0.1, 0.15) is 16.1 Å². The minimum Gasteiger partial charge on any atom is -0.388 e. The van der Waals surface area contributed by atoms with E-state index in [9.17, 15) is 23.4 Å². The predicted octanol–water partition coefficient (Wildman–Crippen LogP) is -0.381. The van der Waals surface area contributed by atoms with Gasteiger partial charge in [0.1, 0.15) is 17.9 Å². The molecule has 4 N–H and O–H groups in total. The Balaban J connectivity index is 2.15. The Kier molecular flexibility index (Phi) is 7.83. The van der Waals surface area contributed by atoms with Gasteiger partial charge in [0.15, 0.2) is 5.13 Å². The SMILES string of the molecule is COCC(O)C(O)C(Cc1ccncc1)NC(=O)c1csc(NS(C)(=O)=O)n1. The van der Waals surface area contributed by atoms with Gasteiger partial charge in [-0.15, -0.1) is 11.3 Å². The molecule has 0 radical (unpaired) electrons. The molecule has 2 aromatic heterocycles. The zero-order valence-electron chi connectivity index (χ0n) is 15.3. The molecule has 12 heteroatoms. The third-order valence-electron chi connectivity index (χ3n) is 3.67. The summed E-state index contributed by atoms with van der Waals surface area (Å²) < 4.78 is 29.6. The van der Waals surface area contributed by atoms with Crippen LogP contribution in [0.15, 0.2) is 29.9 Å². The fourth-order valence-electron chi connectivity index (χ4n) is 2.39. The molecular weight excluding hydrogens is 408 g/mol. The van der Waals surface area contributed by atoms with E-state index in [0.29, 0.717) is 0 Å². The molecule has 3 atom stereocenters. The number of methoxy groups -OCH3 is 1. The first-order valence-electron chi connectivity index (χ1n) is 8.17. The highest BCUT2D eigenvalue weighted by Gasteiger charge is 2.29. The van der Waals surface area contributed by atoms with E-state index >= 15 is 0 Å². The number of thiazole rings is 1. The van der Waals surface area contributed by atoms with Crippen LogP contribution >= 0.6 is 11.3 Å². The summed E-state index contributed by atoms with van der Waals surface area (Å²) >= 11 is 0.956. The van der Waals surface area contributed by atoms with Crippen molar-refractivity contribution in [2.24, 2.45) is 0 Å². The number of sulfonamides is 1. The van der Waals surface area contributed by atoms with Crippen molar-refractivity contribution in [1.82, 2.24) is 15.3 Å². The van der Waals surface area contributed by atoms with Gasteiger partial charge in [0, 0.05) is 24.9 Å². The lowest BCUT2D eigenvalue weighted by atomic mass is 9.98. The van der Waals surface area contributed by atoms with E-state index in [-0.39, 0.29) is 23.9 Å². The lowest BCUT2D eigenvalue weighted by Crippen LogP contribution is -2.51. The Morgan fingerprint density at radius 2 is 2.00 bits per heavy atom. The average molecular weight is 431 g/mol. The number of pyridine rings is 1. The van der Waals surface area contributed by atoms with E-state index in [2.05, 4.69) is 20.0 Å². The molecule has 0 saturated carbocycles. The maximum Gasteiger partial charge on any atom is 0.271 e. The lowest BCUT2D eigenvalue weighted by Gasteiger charge is -2.27. The molecule has 0 aliphatic rings. The molecule has 0 spiro atoms. The van der Waals surface area contributed by atoms with Crippen molar-refractivity contribution in [2.45, 2.75) is 24.7 Å². The van der Waals surface area contributed by atoms with Crippen LogP contribution < -0.4 is 10.0 Å². The van der Waals surface area contributed by atoms with Gasteiger partial charge >= 0.3 is 0 Å². The van der Waals surface area contributed by atoms with Crippen molar-refractivity contribution in [3.63, 3.8) is 0 Å². The monoisotopic (exact) mass is 430 g/mol. The first-order chi connectivity index (χ1) is 13.2. The number of nitrogens with one attached hydrogen (secondary N) is 2. The summed E-state index contributed by atoms with van der Waals surface area (Å²) in [5, 5.41) is 24.6. The lowest BCUT2D eigenvalue weighted by molar-refractivity contribution is -0.0407. The van der Waals surface area contributed by atoms with Crippen LogP contribution in [-0.2, 0) is 21.2 Å². The molecule has 28 heavy (non-hydrogen) atoms. The van der Waals surface area contributed by atoms with Crippen molar-refractivity contribution < 1.29 is 28.2 Å². The van der Waals surface area contributed by atoms with Gasteiger partial charge in [0.05, 0.1) is 18.9 Å². The van der Waals surface area contributed by atoms with Gasteiger partial charge in [-0.2, -0.15) is 0 Å². The second-order valence-corrected chi connectivity index (χ2v) is 8.67. The maximum absolute atomic E-state index is 12.5. The highest BCUT2D eigenvalue weighted by Crippen LogP contribution is 2.17. The van der Waals surface area contributed by atoms with E-state index in [1.165, 1.54) is 12.5 Å². The summed E-state index contributed by atoms with van der Waals surface area (Å²) in [4.78, 5) is 20.4. The van der Waals surface area contributed by atoms with E-state index in [1.54, 1.807) is 24.5 Å². The number of carbonyl (C=O) groups is 1. The van der Waals surface area contributed by atoms with E-state index < -0.39 is 34.2 Å². The summed E-state index contributed by atoms with van der Waals surface area (Å²) in [6, 6.07) is 2.62. The molecule has 2 aromatic rings. The van der Waals surface area contributed by atoms with Gasteiger partial charge in [0.25, 0.3) is 5.91 Å². The van der Waals surface area contributed by atoms with Crippen molar-refractivity contribution in [3.05, 3.63) is 41.2 Å². The van der Waals surface area contributed by atoms with Gasteiger partial charge in [-0.05, 0) is 24.1 Å². The fraction of sp³-hybridized carbons (Fsp3) is 0.438. The summed E-state index contributed by atoms with van der Waals surface area (Å²) in [7, 11) is -2.12. The van der Waals surface area contributed by atoms with Crippen LogP contribution in [0.2, 0.25) is 0 Å². The Morgan fingerprint density at radius 3 is 2.61 bits per heavy atom. The molecule has 0 aliphatic carbocycles. The van der Waals surface area contributed by atoms with E-state index in [1.807, 2.05) is 0 Å². The molecule has 0 fully saturated rings. The topological polar surface area (TPSA) is 151 Å². The second kappa shape index (κ2) is 9.89. The first kappa shape index (κ1) is 22.2. The van der Waals surface area contributed by atoms with Crippen LogP contribution in [0.5, 0.6) is 0 Å². The molecule has 2 rings (SSSR count). The molecule has 0 aliphatic heterocycles. The Hall–Kier alpha value is -2.12. The number of aliphatic hydroxyl groups is 2. The largest absolute Gasteiger partial charge is 0.388 e. The number of aliphatic hydroxyl groups excluding tert-OH is 2. The van der Waals surface area contributed by atoms with Crippen molar-refractivity contribution >= 4 is 32.4 Å². The summed E-state index contributed by atoms with van der Waals surface area (Å²) in [6.45, 7) is -0.108. The molecular formula is C16H22N4O6S2. The zero-order chi connectivity index (χ0) is 20.7. The molecule has 10 nitrogen and oxygen atoms in total. The number of rotatable bonds is 10. The Bertz CT molecular complexity index is 874. The molecule has 1 amide bonds. The number of nitrogens with zero attached hydrogens (tertiary/aromatic N) is 2. The van der Waals surface area contributed by atoms with E-state index in [4.69, 9.17) is 4.74 Å². The van der Waals surface area contributed by atoms with Crippen LogP contribution in [0.3, 0.4) is 0 Å². The molecule has 0 bridgehead atoms. The van der Waals surface area contributed by atoms with Crippen molar-refractivity contribution in [1.29, 1.82) is 0 Å². The minimum atomic E-state index is -3.51. The third-order valence-corrected chi connectivity index (χ3v) is 5.13. The van der Waals surface area contributed by atoms with Gasteiger partial charge in [-0.25, -0.2) is 13.4 Å². The van der Waals surface area contributed by atoms with Gasteiger partial charge in [0.2, 0.25) is 10.0 Å².